The van der Waals surface area contributed by atoms with E-state index in [-0.39, 0.29) is 5.91 Å². The SMILES string of the molecule is Cc1nn(Cc2ccccc2Cl)c(C)c1/C=C/C(=O)N1CCc2ccccc2C1. The zero-order valence-corrected chi connectivity index (χ0v) is 17.5. The third kappa shape index (κ3) is 4.13. The molecule has 0 atom stereocenters. The van der Waals surface area contributed by atoms with Gasteiger partial charge in [0, 0.05) is 35.4 Å². The van der Waals surface area contributed by atoms with Crippen molar-refractivity contribution in [1.82, 2.24) is 14.7 Å². The number of nitrogens with zero attached hydrogens (tertiary/aromatic N) is 3. The number of hydrogen-bond acceptors (Lipinski definition) is 2. The summed E-state index contributed by atoms with van der Waals surface area (Å²) in [6.45, 7) is 6.03. The van der Waals surface area contributed by atoms with Crippen LogP contribution in [0.4, 0.5) is 0 Å². The van der Waals surface area contributed by atoms with Gasteiger partial charge in [0.2, 0.25) is 5.91 Å². The van der Waals surface area contributed by atoms with Gasteiger partial charge in [-0.2, -0.15) is 5.10 Å². The van der Waals surface area contributed by atoms with Gasteiger partial charge in [-0.1, -0.05) is 54.1 Å². The van der Waals surface area contributed by atoms with Gasteiger partial charge in [-0.25, -0.2) is 0 Å². The maximum atomic E-state index is 12.7. The van der Waals surface area contributed by atoms with Crippen molar-refractivity contribution in [2.45, 2.75) is 33.4 Å². The van der Waals surface area contributed by atoms with E-state index >= 15 is 0 Å². The van der Waals surface area contributed by atoms with Crippen molar-refractivity contribution >= 4 is 23.6 Å². The van der Waals surface area contributed by atoms with E-state index in [1.807, 2.05) is 59.8 Å². The minimum absolute atomic E-state index is 0.0390. The molecule has 0 N–H and O–H groups in total. The molecule has 2 aromatic carbocycles. The second-order valence-electron chi connectivity index (χ2n) is 7.45. The molecule has 5 heteroatoms. The van der Waals surface area contributed by atoms with Crippen LogP contribution in [0.25, 0.3) is 6.08 Å². The molecule has 4 nitrogen and oxygen atoms in total. The molecule has 1 amide bonds. The molecule has 0 saturated heterocycles. The first-order valence-electron chi connectivity index (χ1n) is 9.84. The molecule has 148 valence electrons. The van der Waals surface area contributed by atoms with E-state index in [9.17, 15) is 4.79 Å². The number of aryl methyl sites for hydroxylation is 1. The van der Waals surface area contributed by atoms with Crippen molar-refractivity contribution in [2.24, 2.45) is 0 Å². The monoisotopic (exact) mass is 405 g/mol. The van der Waals surface area contributed by atoms with Gasteiger partial charge in [0.05, 0.1) is 12.2 Å². The topological polar surface area (TPSA) is 38.1 Å². The number of hydrogen-bond donors (Lipinski definition) is 0. The molecule has 0 saturated carbocycles. The summed E-state index contributed by atoms with van der Waals surface area (Å²) in [5.74, 6) is 0.0390. The lowest BCUT2D eigenvalue weighted by Gasteiger charge is -2.27. The third-order valence-electron chi connectivity index (χ3n) is 5.55. The van der Waals surface area contributed by atoms with Crippen molar-refractivity contribution in [3.8, 4) is 0 Å². The Hall–Kier alpha value is -2.85. The van der Waals surface area contributed by atoms with Crippen LogP contribution in [0.1, 0.15) is 33.6 Å². The number of halogens is 1. The molecule has 1 aliphatic heterocycles. The fourth-order valence-corrected chi connectivity index (χ4v) is 4.03. The van der Waals surface area contributed by atoms with Gasteiger partial charge >= 0.3 is 0 Å². The standard InChI is InChI=1S/C24H24ClN3O/c1-17-22(18(2)28(26-17)16-21-9-5-6-10-23(21)25)11-12-24(29)27-14-13-19-7-3-4-8-20(19)15-27/h3-12H,13-16H2,1-2H3/b12-11+. The average molecular weight is 406 g/mol. The molecule has 0 fully saturated rings. The predicted octanol–water partition coefficient (Wildman–Crippen LogP) is 4.80. The molecule has 0 unspecified atom stereocenters. The molecule has 0 bridgehead atoms. The third-order valence-corrected chi connectivity index (χ3v) is 5.92. The molecule has 1 aliphatic rings. The molecule has 0 aliphatic carbocycles. The number of amides is 1. The lowest BCUT2D eigenvalue weighted by molar-refractivity contribution is -0.126. The zero-order chi connectivity index (χ0) is 20.4. The van der Waals surface area contributed by atoms with Crippen LogP contribution in [-0.4, -0.2) is 27.1 Å². The Labute approximate surface area is 176 Å². The highest BCUT2D eigenvalue weighted by Gasteiger charge is 2.19. The highest BCUT2D eigenvalue weighted by Crippen LogP contribution is 2.22. The van der Waals surface area contributed by atoms with Gasteiger partial charge in [-0.3, -0.25) is 9.48 Å². The van der Waals surface area contributed by atoms with Crippen molar-refractivity contribution in [3.63, 3.8) is 0 Å². The van der Waals surface area contributed by atoms with Crippen LogP contribution in [0, 0.1) is 13.8 Å². The van der Waals surface area contributed by atoms with Gasteiger partial charge < -0.3 is 4.90 Å². The van der Waals surface area contributed by atoms with Gasteiger partial charge in [-0.15, -0.1) is 0 Å². The van der Waals surface area contributed by atoms with E-state index in [0.29, 0.717) is 13.1 Å². The summed E-state index contributed by atoms with van der Waals surface area (Å²) in [7, 11) is 0. The molecular weight excluding hydrogens is 382 g/mol. The Morgan fingerprint density at radius 2 is 1.83 bits per heavy atom. The van der Waals surface area contributed by atoms with E-state index in [1.165, 1.54) is 11.1 Å². The minimum atomic E-state index is 0.0390. The summed E-state index contributed by atoms with van der Waals surface area (Å²) in [5.41, 5.74) is 6.52. The van der Waals surface area contributed by atoms with Crippen LogP contribution in [0.3, 0.4) is 0 Å². The average Bonchev–Trinajstić information content (AvgIpc) is 3.00. The fourth-order valence-electron chi connectivity index (χ4n) is 3.84. The van der Waals surface area contributed by atoms with Crippen molar-refractivity contribution in [1.29, 1.82) is 0 Å². The lowest BCUT2D eigenvalue weighted by Crippen LogP contribution is -2.34. The first-order valence-corrected chi connectivity index (χ1v) is 10.2. The maximum Gasteiger partial charge on any atom is 0.246 e. The van der Waals surface area contributed by atoms with Crippen LogP contribution in [0.15, 0.2) is 54.6 Å². The summed E-state index contributed by atoms with van der Waals surface area (Å²) in [6.07, 6.45) is 4.47. The number of benzene rings is 2. The summed E-state index contributed by atoms with van der Waals surface area (Å²) in [5, 5.41) is 5.38. The molecule has 3 aromatic rings. The van der Waals surface area contributed by atoms with E-state index in [4.69, 9.17) is 11.6 Å². The van der Waals surface area contributed by atoms with Crippen LogP contribution >= 0.6 is 11.6 Å². The van der Waals surface area contributed by atoms with Gasteiger partial charge in [0.15, 0.2) is 0 Å². The summed E-state index contributed by atoms with van der Waals surface area (Å²) < 4.78 is 1.94. The Bertz CT molecular complexity index is 1080. The zero-order valence-electron chi connectivity index (χ0n) is 16.7. The number of aromatic nitrogens is 2. The van der Waals surface area contributed by atoms with E-state index in [1.54, 1.807) is 6.08 Å². The summed E-state index contributed by atoms with van der Waals surface area (Å²) in [6, 6.07) is 16.1. The number of fused-ring (bicyclic) bond motifs is 1. The van der Waals surface area contributed by atoms with Crippen molar-refractivity contribution in [3.05, 3.63) is 93.3 Å². The first kappa shape index (κ1) is 19.5. The Morgan fingerprint density at radius 3 is 2.62 bits per heavy atom. The Morgan fingerprint density at radius 1 is 1.10 bits per heavy atom. The largest absolute Gasteiger partial charge is 0.334 e. The van der Waals surface area contributed by atoms with Gasteiger partial charge in [0.1, 0.15) is 0 Å². The quantitative estimate of drug-likeness (QED) is 0.585. The highest BCUT2D eigenvalue weighted by molar-refractivity contribution is 6.31. The Balaban J connectivity index is 1.49. The molecular formula is C24H24ClN3O. The van der Waals surface area contributed by atoms with Crippen LogP contribution in [-0.2, 0) is 24.3 Å². The second kappa shape index (κ2) is 8.26. The number of carbonyl (C=O) groups is 1. The molecule has 29 heavy (non-hydrogen) atoms. The molecule has 4 rings (SSSR count). The molecule has 0 radical (unpaired) electrons. The highest BCUT2D eigenvalue weighted by atomic mass is 35.5. The summed E-state index contributed by atoms with van der Waals surface area (Å²) >= 11 is 6.29. The number of rotatable bonds is 4. The van der Waals surface area contributed by atoms with Crippen LogP contribution in [0.5, 0.6) is 0 Å². The lowest BCUT2D eigenvalue weighted by atomic mass is 10.00. The number of carbonyl (C=O) groups excluding carboxylic acids is 1. The second-order valence-corrected chi connectivity index (χ2v) is 7.85. The fraction of sp³-hybridized carbons (Fsp3) is 0.250. The Kier molecular flexibility index (Phi) is 5.54. The van der Waals surface area contributed by atoms with Gasteiger partial charge in [0.25, 0.3) is 0 Å². The van der Waals surface area contributed by atoms with Gasteiger partial charge in [-0.05, 0) is 49.1 Å². The van der Waals surface area contributed by atoms with E-state index < -0.39 is 0 Å². The van der Waals surface area contributed by atoms with E-state index in [0.717, 1.165) is 40.5 Å². The van der Waals surface area contributed by atoms with Crippen molar-refractivity contribution in [2.75, 3.05) is 6.54 Å². The molecule has 0 spiro atoms. The molecule has 2 heterocycles. The van der Waals surface area contributed by atoms with Crippen molar-refractivity contribution < 1.29 is 4.79 Å². The predicted molar refractivity (Wildman–Crippen MR) is 117 cm³/mol. The smallest absolute Gasteiger partial charge is 0.246 e. The van der Waals surface area contributed by atoms with E-state index in [2.05, 4.69) is 23.3 Å². The summed E-state index contributed by atoms with van der Waals surface area (Å²) in [4.78, 5) is 14.6. The maximum absolute atomic E-state index is 12.7. The molecule has 1 aromatic heterocycles. The minimum Gasteiger partial charge on any atom is -0.334 e. The van der Waals surface area contributed by atoms with Crippen LogP contribution < -0.4 is 0 Å². The van der Waals surface area contributed by atoms with Crippen LogP contribution in [0.2, 0.25) is 5.02 Å². The first-order chi connectivity index (χ1) is 14.0. The normalized spacial score (nSPS) is 13.7.